The zero-order valence-corrected chi connectivity index (χ0v) is 37.0. The molecule has 1 aromatic heterocycles. The van der Waals surface area contributed by atoms with Crippen LogP contribution in [0.25, 0.3) is 72.0 Å². The molecule has 14 rings (SSSR count). The van der Waals surface area contributed by atoms with Crippen molar-refractivity contribution in [3.05, 3.63) is 281 Å². The fourth-order valence-electron chi connectivity index (χ4n) is 12.7. The molecule has 1 nitrogen and oxygen atoms in total. The monoisotopic (exact) mass is 839 g/mol. The highest BCUT2D eigenvalue weighted by Crippen LogP contribution is 2.61. The highest BCUT2D eigenvalue weighted by molar-refractivity contribution is 6.13. The summed E-state index contributed by atoms with van der Waals surface area (Å²) in [4.78, 5) is 0. The molecule has 0 radical (unpaired) electrons. The molecule has 66 heavy (non-hydrogen) atoms. The minimum atomic E-state index is -0.486. The van der Waals surface area contributed by atoms with Crippen molar-refractivity contribution in [3.63, 3.8) is 0 Å². The van der Waals surface area contributed by atoms with E-state index in [1.165, 1.54) is 122 Å². The minimum absolute atomic E-state index is 0.0219. The Morgan fingerprint density at radius 3 is 1.82 bits per heavy atom. The Hall–Kier alpha value is -8.00. The molecule has 0 saturated heterocycles. The first-order chi connectivity index (χ1) is 32.5. The van der Waals surface area contributed by atoms with E-state index in [4.69, 9.17) is 0 Å². The van der Waals surface area contributed by atoms with Gasteiger partial charge in [0.25, 0.3) is 0 Å². The van der Waals surface area contributed by atoms with Crippen molar-refractivity contribution in [1.82, 2.24) is 4.57 Å². The van der Waals surface area contributed by atoms with Crippen LogP contribution in [0.15, 0.2) is 231 Å². The Morgan fingerprint density at radius 1 is 0.348 bits per heavy atom. The largest absolute Gasteiger partial charge is 0.309 e. The van der Waals surface area contributed by atoms with Crippen molar-refractivity contribution in [2.24, 2.45) is 0 Å². The lowest BCUT2D eigenvalue weighted by Gasteiger charge is -2.39. The Labute approximate surface area is 385 Å². The second kappa shape index (κ2) is 13.8. The summed E-state index contributed by atoms with van der Waals surface area (Å²) in [6.07, 6.45) is 0. The van der Waals surface area contributed by atoms with E-state index in [0.29, 0.717) is 0 Å². The molecule has 1 heteroatoms. The predicted molar refractivity (Wildman–Crippen MR) is 274 cm³/mol. The normalized spacial score (nSPS) is 16.2. The van der Waals surface area contributed by atoms with Crippen LogP contribution in [0.5, 0.6) is 0 Å². The third-order valence-electron chi connectivity index (χ3n) is 15.5. The van der Waals surface area contributed by atoms with Crippen LogP contribution in [0.3, 0.4) is 0 Å². The lowest BCUT2D eigenvalue weighted by molar-refractivity contribution is 0.659. The summed E-state index contributed by atoms with van der Waals surface area (Å²) in [5, 5.41) is 2.59. The lowest BCUT2D eigenvalue weighted by Crippen LogP contribution is -2.33. The van der Waals surface area contributed by atoms with Crippen LogP contribution in [0, 0.1) is 0 Å². The second-order valence-electron chi connectivity index (χ2n) is 19.1. The van der Waals surface area contributed by atoms with Gasteiger partial charge in [-0.05, 0) is 113 Å². The number of hydrogen-bond acceptors (Lipinski definition) is 0. The number of aromatic nitrogens is 1. The summed E-state index contributed by atoms with van der Waals surface area (Å²) >= 11 is 0. The average Bonchev–Trinajstić information content (AvgIpc) is 3.95. The molecule has 1 spiro atoms. The fourth-order valence-corrected chi connectivity index (χ4v) is 12.7. The smallest absolute Gasteiger partial charge is 0.0754 e. The molecule has 11 aromatic rings. The third kappa shape index (κ3) is 4.95. The van der Waals surface area contributed by atoms with Crippen molar-refractivity contribution in [3.8, 4) is 50.2 Å². The molecule has 0 N–H and O–H groups in total. The Bertz CT molecular complexity index is 3810. The van der Waals surface area contributed by atoms with Crippen LogP contribution in [-0.2, 0) is 10.8 Å². The van der Waals surface area contributed by atoms with Gasteiger partial charge in [-0.3, -0.25) is 0 Å². The zero-order valence-electron chi connectivity index (χ0n) is 37.0. The topological polar surface area (TPSA) is 4.93 Å². The maximum Gasteiger partial charge on any atom is 0.0754 e. The number of benzene rings is 10. The van der Waals surface area contributed by atoms with Gasteiger partial charge < -0.3 is 4.57 Å². The molecular formula is C65H45N. The third-order valence-corrected chi connectivity index (χ3v) is 15.5. The van der Waals surface area contributed by atoms with Gasteiger partial charge in [0.2, 0.25) is 0 Å². The Kier molecular flexibility index (Phi) is 7.79. The van der Waals surface area contributed by atoms with Gasteiger partial charge in [-0.1, -0.05) is 226 Å². The minimum Gasteiger partial charge on any atom is -0.309 e. The van der Waals surface area contributed by atoms with Crippen molar-refractivity contribution in [2.45, 2.75) is 30.6 Å². The van der Waals surface area contributed by atoms with E-state index in [-0.39, 0.29) is 11.3 Å². The summed E-state index contributed by atoms with van der Waals surface area (Å²) in [6.45, 7) is 4.78. The highest BCUT2D eigenvalue weighted by atomic mass is 15.0. The summed E-state index contributed by atoms with van der Waals surface area (Å²) in [6, 6.07) is 87.2. The number of fused-ring (bicyclic) bond motifs is 15. The van der Waals surface area contributed by atoms with Gasteiger partial charge in [0, 0.05) is 22.1 Å². The fraction of sp³-hybridized carbons (Fsp3) is 0.0769. The Balaban J connectivity index is 0.994. The first-order valence-corrected chi connectivity index (χ1v) is 23.4. The summed E-state index contributed by atoms with van der Waals surface area (Å²) < 4.78 is 2.53. The van der Waals surface area contributed by atoms with E-state index in [0.717, 1.165) is 0 Å². The molecule has 0 fully saturated rings. The van der Waals surface area contributed by atoms with E-state index in [2.05, 4.69) is 249 Å². The zero-order chi connectivity index (χ0) is 43.7. The summed E-state index contributed by atoms with van der Waals surface area (Å²) in [5.41, 5.74) is 25.5. The molecule has 1 aliphatic heterocycles. The molecule has 2 heterocycles. The van der Waals surface area contributed by atoms with E-state index in [1.807, 2.05) is 0 Å². The molecule has 3 aliphatic rings. The van der Waals surface area contributed by atoms with Gasteiger partial charge >= 0.3 is 0 Å². The summed E-state index contributed by atoms with van der Waals surface area (Å²) in [5.74, 6) is -0.0219. The number of rotatable bonds is 5. The SMILES string of the molecule is CC1(C)c2ccccc2-c2ccc(C(c3cccc(-c4ccccc4)c3)c3ccccc3-c3ccc4c(c3)-c3ccccc3C43c4ccccc4-n4c5ccccc5c5cccc3c54)cc21. The van der Waals surface area contributed by atoms with Crippen LogP contribution < -0.4 is 0 Å². The molecule has 0 amide bonds. The molecule has 2 aliphatic carbocycles. The predicted octanol–water partition coefficient (Wildman–Crippen LogP) is 16.3. The van der Waals surface area contributed by atoms with Crippen LogP contribution in [-0.4, -0.2) is 4.57 Å². The van der Waals surface area contributed by atoms with Gasteiger partial charge in [0.05, 0.1) is 22.1 Å². The first-order valence-electron chi connectivity index (χ1n) is 23.4. The standard InChI is InChI=1S/C65H45N/c1-64(2)54-28-11-8-23-47(54)49-36-34-45(40-59(49)64)62(44-21-16-20-42(38-44)41-18-4-3-5-19-41)51-26-7-6-22-46(51)43-35-37-56-53(39-43)48-24-9-12-29-55(48)65(56)57-30-13-15-33-61(57)66-60-32-14-10-25-50(60)52-27-17-31-58(65)63(52)66/h3-40,62H,1-2H3. The second-order valence-corrected chi connectivity index (χ2v) is 19.1. The van der Waals surface area contributed by atoms with Crippen LogP contribution in [0.4, 0.5) is 0 Å². The van der Waals surface area contributed by atoms with E-state index >= 15 is 0 Å². The van der Waals surface area contributed by atoms with Gasteiger partial charge in [-0.25, -0.2) is 0 Å². The molecule has 310 valence electrons. The summed E-state index contributed by atoms with van der Waals surface area (Å²) in [7, 11) is 0. The van der Waals surface area contributed by atoms with Crippen LogP contribution >= 0.6 is 0 Å². The molecule has 2 unspecified atom stereocenters. The van der Waals surface area contributed by atoms with Crippen LogP contribution in [0.1, 0.15) is 69.8 Å². The molecular weight excluding hydrogens is 795 g/mol. The number of para-hydroxylation sites is 3. The maximum atomic E-state index is 2.53. The van der Waals surface area contributed by atoms with Crippen molar-refractivity contribution in [1.29, 1.82) is 0 Å². The average molecular weight is 840 g/mol. The Morgan fingerprint density at radius 2 is 0.955 bits per heavy atom. The lowest BCUT2D eigenvalue weighted by atomic mass is 9.65. The van der Waals surface area contributed by atoms with Crippen molar-refractivity contribution < 1.29 is 0 Å². The number of hydrogen-bond donors (Lipinski definition) is 0. The molecule has 10 aromatic carbocycles. The maximum absolute atomic E-state index is 2.53. The van der Waals surface area contributed by atoms with Crippen molar-refractivity contribution in [2.75, 3.05) is 0 Å². The molecule has 0 saturated carbocycles. The highest BCUT2D eigenvalue weighted by Gasteiger charge is 2.51. The molecule has 0 bridgehead atoms. The first kappa shape index (κ1) is 37.4. The van der Waals surface area contributed by atoms with Gasteiger partial charge in [0.1, 0.15) is 0 Å². The van der Waals surface area contributed by atoms with E-state index in [9.17, 15) is 0 Å². The van der Waals surface area contributed by atoms with E-state index in [1.54, 1.807) is 0 Å². The van der Waals surface area contributed by atoms with Gasteiger partial charge in [-0.15, -0.1) is 0 Å². The number of nitrogens with zero attached hydrogens (tertiary/aromatic N) is 1. The van der Waals surface area contributed by atoms with E-state index < -0.39 is 5.41 Å². The molecule has 2 atom stereocenters. The van der Waals surface area contributed by atoms with Gasteiger partial charge in [-0.2, -0.15) is 0 Å². The van der Waals surface area contributed by atoms with Crippen LogP contribution in [0.2, 0.25) is 0 Å². The quantitative estimate of drug-likeness (QED) is 0.152. The van der Waals surface area contributed by atoms with Crippen molar-refractivity contribution >= 4 is 21.8 Å². The van der Waals surface area contributed by atoms with Gasteiger partial charge in [0.15, 0.2) is 0 Å².